The summed E-state index contributed by atoms with van der Waals surface area (Å²) < 4.78 is 17.6. The van der Waals surface area contributed by atoms with Crippen molar-refractivity contribution in [2.75, 3.05) is 0 Å². The molecule has 1 saturated heterocycles. The monoisotopic (exact) mass is 328 g/mol. The summed E-state index contributed by atoms with van der Waals surface area (Å²) >= 11 is 0. The van der Waals surface area contributed by atoms with Crippen molar-refractivity contribution in [3.8, 4) is 0 Å². The number of ether oxygens (including phenoxy) is 3. The summed E-state index contributed by atoms with van der Waals surface area (Å²) in [5.74, 6) is 0. The molecule has 1 N–H and O–H groups in total. The summed E-state index contributed by atoms with van der Waals surface area (Å²) in [5, 5.41) is 9.89. The summed E-state index contributed by atoms with van der Waals surface area (Å²) in [5.41, 5.74) is 2.21. The van der Waals surface area contributed by atoms with Gasteiger partial charge in [-0.15, -0.1) is 0 Å². The molecule has 0 aromatic heterocycles. The topological polar surface area (TPSA) is 47.9 Å². The maximum absolute atomic E-state index is 9.89. The predicted molar refractivity (Wildman–Crippen MR) is 91.2 cm³/mol. The van der Waals surface area contributed by atoms with Crippen LogP contribution in [-0.2, 0) is 27.4 Å². The minimum atomic E-state index is -0.808. The van der Waals surface area contributed by atoms with Crippen molar-refractivity contribution in [2.45, 2.75) is 51.2 Å². The fraction of sp³-hybridized carbons (Fsp3) is 0.400. The van der Waals surface area contributed by atoms with Gasteiger partial charge in [-0.2, -0.15) is 0 Å². The number of aliphatic hydroxyl groups excluding tert-OH is 1. The summed E-state index contributed by atoms with van der Waals surface area (Å²) in [6, 6.07) is 20.0. The van der Waals surface area contributed by atoms with E-state index in [9.17, 15) is 5.11 Å². The van der Waals surface area contributed by atoms with Crippen molar-refractivity contribution in [3.63, 3.8) is 0 Å². The second-order valence-electron chi connectivity index (χ2n) is 6.13. The van der Waals surface area contributed by atoms with Gasteiger partial charge in [-0.25, -0.2) is 0 Å². The number of hydrogen-bond donors (Lipinski definition) is 1. The molecule has 1 heterocycles. The average molecular weight is 328 g/mol. The number of aliphatic hydroxyl groups is 1. The molecule has 2 aromatic carbocycles. The van der Waals surface area contributed by atoms with E-state index in [4.69, 9.17) is 14.2 Å². The van der Waals surface area contributed by atoms with Crippen molar-refractivity contribution in [1.29, 1.82) is 0 Å². The first-order valence-electron chi connectivity index (χ1n) is 8.37. The Morgan fingerprint density at radius 2 is 1.46 bits per heavy atom. The molecule has 4 nitrogen and oxygen atoms in total. The third-order valence-corrected chi connectivity index (χ3v) is 4.23. The maximum Gasteiger partial charge on any atom is 0.157 e. The van der Waals surface area contributed by atoms with Gasteiger partial charge in [0.15, 0.2) is 6.29 Å². The number of hydrogen-bond acceptors (Lipinski definition) is 4. The Bertz CT molecular complexity index is 602. The summed E-state index contributed by atoms with van der Waals surface area (Å²) in [6.45, 7) is 2.91. The first-order valence-corrected chi connectivity index (χ1v) is 8.37. The molecule has 3 rings (SSSR count). The van der Waals surface area contributed by atoms with Crippen LogP contribution in [0.5, 0.6) is 0 Å². The lowest BCUT2D eigenvalue weighted by Gasteiger charge is -2.38. The minimum absolute atomic E-state index is 0.201. The van der Waals surface area contributed by atoms with Crippen LogP contribution in [0.2, 0.25) is 0 Å². The molecule has 4 atom stereocenters. The van der Waals surface area contributed by atoms with Crippen molar-refractivity contribution in [3.05, 3.63) is 71.8 Å². The van der Waals surface area contributed by atoms with Gasteiger partial charge in [0.1, 0.15) is 6.10 Å². The van der Waals surface area contributed by atoms with Crippen molar-refractivity contribution < 1.29 is 19.3 Å². The van der Waals surface area contributed by atoms with Crippen LogP contribution in [0.25, 0.3) is 0 Å². The second kappa shape index (κ2) is 8.40. The first-order chi connectivity index (χ1) is 11.7. The van der Waals surface area contributed by atoms with E-state index < -0.39 is 6.29 Å². The SMILES string of the molecule is CC1O[C@H](O)CC(OCc2ccccc2)[C@H]1OCc1ccccc1. The average Bonchev–Trinajstić information content (AvgIpc) is 2.61. The molecule has 1 fully saturated rings. The third-order valence-electron chi connectivity index (χ3n) is 4.23. The zero-order valence-electron chi connectivity index (χ0n) is 13.9. The lowest BCUT2D eigenvalue weighted by molar-refractivity contribution is -0.251. The molecule has 4 heteroatoms. The van der Waals surface area contributed by atoms with Crippen molar-refractivity contribution >= 4 is 0 Å². The molecule has 0 saturated carbocycles. The van der Waals surface area contributed by atoms with E-state index in [1.807, 2.05) is 67.6 Å². The molecular weight excluding hydrogens is 304 g/mol. The van der Waals surface area contributed by atoms with Gasteiger partial charge in [-0.05, 0) is 18.1 Å². The smallest absolute Gasteiger partial charge is 0.157 e. The van der Waals surface area contributed by atoms with Crippen LogP contribution < -0.4 is 0 Å². The van der Waals surface area contributed by atoms with E-state index in [0.717, 1.165) is 11.1 Å². The normalized spacial score (nSPS) is 27.1. The minimum Gasteiger partial charge on any atom is -0.371 e. The predicted octanol–water partition coefficient (Wildman–Crippen LogP) is 3.28. The Morgan fingerprint density at radius 3 is 2.04 bits per heavy atom. The van der Waals surface area contributed by atoms with Gasteiger partial charge in [-0.1, -0.05) is 60.7 Å². The van der Waals surface area contributed by atoms with Gasteiger partial charge in [-0.3, -0.25) is 0 Å². The molecule has 0 bridgehead atoms. The van der Waals surface area contributed by atoms with Crippen LogP contribution in [0.3, 0.4) is 0 Å². The van der Waals surface area contributed by atoms with Gasteiger partial charge in [0.2, 0.25) is 0 Å². The van der Waals surface area contributed by atoms with Gasteiger partial charge < -0.3 is 19.3 Å². The van der Waals surface area contributed by atoms with Crippen molar-refractivity contribution in [2.24, 2.45) is 0 Å². The van der Waals surface area contributed by atoms with Crippen molar-refractivity contribution in [1.82, 2.24) is 0 Å². The highest BCUT2D eigenvalue weighted by molar-refractivity contribution is 5.14. The molecule has 1 aliphatic rings. The summed E-state index contributed by atoms with van der Waals surface area (Å²) in [7, 11) is 0. The van der Waals surface area contributed by atoms with E-state index >= 15 is 0 Å². The Labute approximate surface area is 143 Å². The summed E-state index contributed by atoms with van der Waals surface area (Å²) in [6.07, 6.45) is -1.03. The Hall–Kier alpha value is -1.72. The highest BCUT2D eigenvalue weighted by atomic mass is 16.6. The van der Waals surface area contributed by atoms with Gasteiger partial charge in [0.05, 0.1) is 25.4 Å². The van der Waals surface area contributed by atoms with E-state index in [0.29, 0.717) is 19.6 Å². The molecule has 2 unspecified atom stereocenters. The molecule has 0 amide bonds. The Kier molecular flexibility index (Phi) is 5.99. The lowest BCUT2D eigenvalue weighted by atomic mass is 10.0. The van der Waals surface area contributed by atoms with Crippen LogP contribution in [-0.4, -0.2) is 29.7 Å². The first kappa shape index (κ1) is 17.1. The molecule has 2 aromatic rings. The molecule has 1 aliphatic heterocycles. The van der Waals surface area contributed by atoms with Crippen LogP contribution in [0.15, 0.2) is 60.7 Å². The maximum atomic E-state index is 9.89. The molecular formula is C20H24O4. The Morgan fingerprint density at radius 1 is 0.917 bits per heavy atom. The second-order valence-corrected chi connectivity index (χ2v) is 6.13. The fourth-order valence-corrected chi connectivity index (χ4v) is 2.97. The van der Waals surface area contributed by atoms with Crippen LogP contribution in [0, 0.1) is 0 Å². The van der Waals surface area contributed by atoms with Gasteiger partial charge >= 0.3 is 0 Å². The van der Waals surface area contributed by atoms with Gasteiger partial charge in [0, 0.05) is 6.42 Å². The lowest BCUT2D eigenvalue weighted by Crippen LogP contribution is -2.49. The number of rotatable bonds is 6. The quantitative estimate of drug-likeness (QED) is 0.884. The van der Waals surface area contributed by atoms with Crippen LogP contribution >= 0.6 is 0 Å². The highest BCUT2D eigenvalue weighted by Gasteiger charge is 2.37. The fourth-order valence-electron chi connectivity index (χ4n) is 2.97. The third kappa shape index (κ3) is 4.65. The van der Waals surface area contributed by atoms with E-state index in [1.165, 1.54) is 0 Å². The zero-order chi connectivity index (χ0) is 16.8. The van der Waals surface area contributed by atoms with E-state index in [-0.39, 0.29) is 18.3 Å². The van der Waals surface area contributed by atoms with Crippen LogP contribution in [0.1, 0.15) is 24.5 Å². The standard InChI is InChI=1S/C20H24O4/c1-15-20(23-14-17-10-6-3-7-11-17)18(12-19(21)24-15)22-13-16-8-4-2-5-9-16/h2-11,15,18-21H,12-14H2,1H3/t15?,18?,19-,20-/m0/s1. The highest BCUT2D eigenvalue weighted by Crippen LogP contribution is 2.26. The van der Waals surface area contributed by atoms with Gasteiger partial charge in [0.25, 0.3) is 0 Å². The molecule has 128 valence electrons. The number of benzene rings is 2. The van der Waals surface area contributed by atoms with E-state index in [2.05, 4.69) is 0 Å². The molecule has 24 heavy (non-hydrogen) atoms. The Balaban J connectivity index is 1.61. The van der Waals surface area contributed by atoms with E-state index in [1.54, 1.807) is 0 Å². The molecule has 0 spiro atoms. The molecule has 0 aliphatic carbocycles. The summed E-state index contributed by atoms with van der Waals surface area (Å²) in [4.78, 5) is 0. The largest absolute Gasteiger partial charge is 0.371 e. The van der Waals surface area contributed by atoms with Crippen LogP contribution in [0.4, 0.5) is 0 Å². The zero-order valence-corrected chi connectivity index (χ0v) is 13.9. The molecule has 0 radical (unpaired) electrons.